The van der Waals surface area contributed by atoms with Crippen LogP contribution in [0.15, 0.2) is 268 Å². The first-order chi connectivity index (χ1) is 68.7. The molecular formula is C108H112N10O21. The maximum absolute atomic E-state index is 9.53. The number of hydrogen-bond acceptors (Lipinski definition) is 31. The van der Waals surface area contributed by atoms with Crippen LogP contribution >= 0.6 is 0 Å². The number of aromatic hydroxyl groups is 1. The van der Waals surface area contributed by atoms with Gasteiger partial charge in [0.15, 0.2) is 80.5 Å². The smallest absolute Gasteiger partial charge is 0.231 e. The van der Waals surface area contributed by atoms with E-state index in [4.69, 9.17) is 94.7 Å². The standard InChI is InChI=1S/2C22H22N2O5.C22H24N2O4.C21H22N2O4.C21H22N2O3/c1-5-17-16(4-2-8-24-17)18(6-1)25-9-3-7-23-12-15-13-26-21-10-19-20(28-14-27-19)11-22(21)29-15;1-3-15-4-5-16(9-18(15)24-7-1)25-8-2-6-23-12-17-13-26-21-10-19-20(28-14-27-19)11-22(21)29-17;1-25-17-7-8-21-22(13-17)28-19(15-27-21)14-23-9-3-11-26-18-6-5-16-4-2-10-24-20(16)12-18;24-16-5-7-20-21(11-16)27-18(14-26-20)13-22-8-2-10-25-17-6-4-15-3-1-9-23-19(15)12-17;1-2-7-21-20(6-1)25-15-18(26-21)14-22-10-4-12-24-17-9-8-16-5-3-11-23-19(16)13-17/h1-2,4-6,8,10-11,15,23H,3,7,9,12-14H2;1,3-5,7,9-11,17,23H,2,6,8,12-14H2;2,4-8,10,12-13,19,23H,3,9,11,14-15H2,1H3;1,3-7,9,11-12,18,22,24H,2,8,10,13-14H2;1-3,5-9,11,13,18,22H,4,10,12,14-15H2. The maximum atomic E-state index is 9.53. The van der Waals surface area contributed by atoms with Gasteiger partial charge in [-0.05, 0) is 198 Å². The summed E-state index contributed by atoms with van der Waals surface area (Å²) in [7, 11) is 1.64. The lowest BCUT2D eigenvalue weighted by Gasteiger charge is -2.27. The Kier molecular flexibility index (Phi) is 32.9. The van der Waals surface area contributed by atoms with Crippen molar-refractivity contribution in [1.82, 2.24) is 51.5 Å². The van der Waals surface area contributed by atoms with E-state index in [9.17, 15) is 5.11 Å². The summed E-state index contributed by atoms with van der Waals surface area (Å²) >= 11 is 0. The second-order valence-corrected chi connectivity index (χ2v) is 33.2. The highest BCUT2D eigenvalue weighted by Gasteiger charge is 2.30. The van der Waals surface area contributed by atoms with E-state index >= 15 is 0 Å². The fourth-order valence-corrected chi connectivity index (χ4v) is 15.9. The van der Waals surface area contributed by atoms with Crippen LogP contribution in [0.2, 0.25) is 0 Å². The largest absolute Gasteiger partial charge is 0.508 e. The minimum absolute atomic E-state index is 0.0212. The van der Waals surface area contributed by atoms with Crippen LogP contribution in [0.5, 0.6) is 121 Å². The molecule has 0 radical (unpaired) electrons. The number of ether oxygens (including phenoxy) is 20. The average molecular weight is 1890 g/mol. The summed E-state index contributed by atoms with van der Waals surface area (Å²) in [5.41, 5.74) is 4.73. The van der Waals surface area contributed by atoms with Gasteiger partial charge >= 0.3 is 0 Å². The Morgan fingerprint density at radius 1 is 0.266 bits per heavy atom. The Morgan fingerprint density at radius 2 is 0.583 bits per heavy atom. The molecule has 7 aliphatic rings. The van der Waals surface area contributed by atoms with Gasteiger partial charge in [-0.1, -0.05) is 42.5 Å². The van der Waals surface area contributed by atoms with Crippen LogP contribution in [0.1, 0.15) is 32.1 Å². The molecule has 0 bridgehead atoms. The van der Waals surface area contributed by atoms with Gasteiger partial charge in [0.2, 0.25) is 13.6 Å². The highest BCUT2D eigenvalue weighted by atomic mass is 16.7. The minimum Gasteiger partial charge on any atom is -0.508 e. The molecule has 5 aromatic heterocycles. The Hall–Kier alpha value is -15.2. The molecule has 6 N–H and O–H groups in total. The molecule has 0 saturated heterocycles. The van der Waals surface area contributed by atoms with Gasteiger partial charge in [0.1, 0.15) is 104 Å². The van der Waals surface area contributed by atoms with Gasteiger partial charge in [0.25, 0.3) is 0 Å². The number of phenolic OH excluding ortho intramolecular Hbond substituents is 1. The van der Waals surface area contributed by atoms with Crippen LogP contribution in [0.3, 0.4) is 0 Å². The zero-order valence-electron chi connectivity index (χ0n) is 77.2. The van der Waals surface area contributed by atoms with Crippen molar-refractivity contribution < 1.29 is 99.8 Å². The van der Waals surface area contributed by atoms with Crippen molar-refractivity contribution in [3.8, 4) is 121 Å². The summed E-state index contributed by atoms with van der Waals surface area (Å²) in [5.74, 6) is 15.1. The SMILES string of the molecule is COc1ccc2c(c1)OC(CNCCCOc1ccc3cccnc3c1)CO2.Oc1ccc2c(c1)OC(CNCCCOc1ccc3cccnc3c1)CO2.c1cc(OCCCNCC2COc3cc4c(cc3O2)OCO4)c2cccnc2c1.c1ccc2c(c1)OCC(CNCCCOc1ccc3cccnc3c1)O2.c1cnc2cc(OCCCNCC3COc4cc5c(cc4O3)OCO5)ccc2c1. The van der Waals surface area contributed by atoms with Gasteiger partial charge in [-0.15, -0.1) is 0 Å². The molecule has 0 aliphatic carbocycles. The van der Waals surface area contributed by atoms with Crippen LogP contribution in [-0.2, 0) is 0 Å². The van der Waals surface area contributed by atoms with Crippen molar-refractivity contribution in [2.24, 2.45) is 0 Å². The van der Waals surface area contributed by atoms with E-state index in [0.717, 1.165) is 190 Å². The van der Waals surface area contributed by atoms with Crippen molar-refractivity contribution in [3.63, 3.8) is 0 Å². The fraction of sp³-hybridized carbons (Fsp3) is 0.306. The number of nitrogens with one attached hydrogen (secondary N) is 5. The third-order valence-electron chi connectivity index (χ3n) is 23.0. The molecule has 139 heavy (non-hydrogen) atoms. The number of pyridine rings is 5. The molecule has 5 atom stereocenters. The van der Waals surface area contributed by atoms with Crippen molar-refractivity contribution in [3.05, 3.63) is 268 Å². The van der Waals surface area contributed by atoms with Gasteiger partial charge in [-0.25, -0.2) is 0 Å². The summed E-state index contributed by atoms with van der Waals surface area (Å²) in [4.78, 5) is 21.7. The molecule has 10 aromatic carbocycles. The summed E-state index contributed by atoms with van der Waals surface area (Å²) in [6.07, 6.45) is 13.3. The summed E-state index contributed by atoms with van der Waals surface area (Å²) in [6, 6.07) is 75.3. The molecule has 31 nitrogen and oxygen atoms in total. The van der Waals surface area contributed by atoms with Gasteiger partial charge < -0.3 is 126 Å². The third kappa shape index (κ3) is 26.8. The number of fused-ring (bicyclic) bond motifs is 12. The molecule has 7 aliphatic heterocycles. The van der Waals surface area contributed by atoms with E-state index in [1.807, 2.05) is 218 Å². The molecule has 5 unspecified atom stereocenters. The van der Waals surface area contributed by atoms with Crippen LogP contribution in [-0.4, -0.2) is 213 Å². The number of methoxy groups -OCH3 is 1. The topological polar surface area (TPSA) is 329 Å². The van der Waals surface area contributed by atoms with Crippen molar-refractivity contribution in [1.29, 1.82) is 0 Å². The number of rotatable bonds is 36. The van der Waals surface area contributed by atoms with Crippen molar-refractivity contribution >= 4 is 54.5 Å². The normalized spacial score (nSPS) is 16.1. The summed E-state index contributed by atoms with van der Waals surface area (Å²) in [5, 5.41) is 32.0. The van der Waals surface area contributed by atoms with E-state index in [1.165, 1.54) is 0 Å². The maximum Gasteiger partial charge on any atom is 0.231 e. The Bertz CT molecular complexity index is 6520. The van der Waals surface area contributed by atoms with Crippen LogP contribution in [0.4, 0.5) is 0 Å². The van der Waals surface area contributed by atoms with Crippen molar-refractivity contribution in [2.45, 2.75) is 62.6 Å². The predicted octanol–water partition coefficient (Wildman–Crippen LogP) is 16.3. The molecular weight excluding hydrogens is 1770 g/mol. The van der Waals surface area contributed by atoms with Gasteiger partial charge in [0, 0.05) is 151 Å². The highest BCUT2D eigenvalue weighted by Crippen LogP contribution is 2.46. The molecule has 0 amide bonds. The fourth-order valence-electron chi connectivity index (χ4n) is 15.9. The van der Waals surface area contributed by atoms with E-state index in [1.54, 1.807) is 56.3 Å². The van der Waals surface area contributed by atoms with Gasteiger partial charge in [0.05, 0.1) is 67.7 Å². The minimum atomic E-state index is -0.0771. The average Bonchev–Trinajstić information content (AvgIpc) is 1.73. The second-order valence-electron chi connectivity index (χ2n) is 33.2. The van der Waals surface area contributed by atoms with Crippen molar-refractivity contribution in [2.75, 3.05) is 152 Å². The Morgan fingerprint density at radius 3 is 0.986 bits per heavy atom. The first-order valence-electron chi connectivity index (χ1n) is 47.0. The van der Waals surface area contributed by atoms with Crippen LogP contribution in [0.25, 0.3) is 54.5 Å². The summed E-state index contributed by atoms with van der Waals surface area (Å²) in [6.45, 7) is 14.0. The summed E-state index contributed by atoms with van der Waals surface area (Å²) < 4.78 is 114. The molecule has 0 spiro atoms. The van der Waals surface area contributed by atoms with Crippen LogP contribution < -0.4 is 121 Å². The first-order valence-corrected chi connectivity index (χ1v) is 47.0. The Balaban J connectivity index is 0.000000115. The molecule has 12 heterocycles. The number of para-hydroxylation sites is 2. The van der Waals surface area contributed by atoms with E-state index in [0.29, 0.717) is 143 Å². The molecule has 22 rings (SSSR count). The highest BCUT2D eigenvalue weighted by molar-refractivity contribution is 5.85. The quantitative estimate of drug-likeness (QED) is 0.0199. The molecule has 15 aromatic rings. The molecule has 720 valence electrons. The number of aromatic nitrogens is 5. The zero-order valence-corrected chi connectivity index (χ0v) is 77.2. The molecule has 31 heteroatoms. The van der Waals surface area contributed by atoms with Gasteiger partial charge in [-0.3, -0.25) is 24.9 Å². The van der Waals surface area contributed by atoms with E-state index in [-0.39, 0.29) is 49.9 Å². The molecule has 0 fully saturated rings. The second kappa shape index (κ2) is 48.5. The Labute approximate surface area is 804 Å². The third-order valence-corrected chi connectivity index (χ3v) is 23.0. The van der Waals surface area contributed by atoms with Crippen LogP contribution in [0, 0.1) is 0 Å². The number of phenols is 1. The zero-order chi connectivity index (χ0) is 94.2. The first kappa shape index (κ1) is 94.2. The van der Waals surface area contributed by atoms with E-state index in [2.05, 4.69) is 51.5 Å². The lowest BCUT2D eigenvalue weighted by molar-refractivity contribution is 0.0898. The lowest BCUT2D eigenvalue weighted by Crippen LogP contribution is -2.39. The lowest BCUT2D eigenvalue weighted by atomic mass is 10.2. The van der Waals surface area contributed by atoms with E-state index < -0.39 is 0 Å². The predicted molar refractivity (Wildman–Crippen MR) is 526 cm³/mol. The molecule has 0 saturated carbocycles. The van der Waals surface area contributed by atoms with Gasteiger partial charge in [-0.2, -0.15) is 0 Å². The number of hydrogen-bond donors (Lipinski definition) is 6. The number of nitrogens with zero attached hydrogens (tertiary/aromatic N) is 5. The number of benzene rings is 10. The monoisotopic (exact) mass is 1880 g/mol.